The molecule has 2 aliphatic heterocycles. The molecule has 2 aliphatic rings. The van der Waals surface area contributed by atoms with Gasteiger partial charge in [0.15, 0.2) is 0 Å². The van der Waals surface area contributed by atoms with Crippen LogP contribution in [0.4, 0.5) is 0 Å². The van der Waals surface area contributed by atoms with Gasteiger partial charge in [0.05, 0.1) is 0 Å². The van der Waals surface area contributed by atoms with E-state index in [1.807, 2.05) is 0 Å². The minimum Gasteiger partial charge on any atom is -0.317 e. The summed E-state index contributed by atoms with van der Waals surface area (Å²) >= 11 is 0. The van der Waals surface area contributed by atoms with Crippen LogP contribution in [-0.2, 0) is 0 Å². The van der Waals surface area contributed by atoms with E-state index < -0.39 is 0 Å². The first-order valence-corrected chi connectivity index (χ1v) is 7.27. The summed E-state index contributed by atoms with van der Waals surface area (Å²) in [5.74, 6) is 0. The monoisotopic (exact) mass is 239 g/mol. The molecule has 0 aromatic rings. The fraction of sp³-hybridized carbons (Fsp3) is 1.00. The van der Waals surface area contributed by atoms with Crippen LogP contribution in [0.2, 0.25) is 0 Å². The van der Waals surface area contributed by atoms with E-state index in [0.29, 0.717) is 5.54 Å². The SMILES string of the molecule is CC(C)(C)N1CCN(C2CCCNCC2)CC1. The standard InChI is InChI=1S/C14H29N3/c1-14(2,3)17-11-9-16(10-12-17)13-5-4-7-15-8-6-13/h13,15H,4-12H2,1-3H3. The summed E-state index contributed by atoms with van der Waals surface area (Å²) in [6.07, 6.45) is 4.09. The van der Waals surface area contributed by atoms with E-state index in [4.69, 9.17) is 0 Å². The summed E-state index contributed by atoms with van der Waals surface area (Å²) in [5.41, 5.74) is 0.344. The molecule has 0 aromatic carbocycles. The second-order valence-electron chi connectivity index (χ2n) is 6.53. The second-order valence-corrected chi connectivity index (χ2v) is 6.53. The van der Waals surface area contributed by atoms with Crippen LogP contribution in [0.5, 0.6) is 0 Å². The topological polar surface area (TPSA) is 18.5 Å². The van der Waals surface area contributed by atoms with Gasteiger partial charge in [0.1, 0.15) is 0 Å². The summed E-state index contributed by atoms with van der Waals surface area (Å²) < 4.78 is 0. The van der Waals surface area contributed by atoms with Crippen molar-refractivity contribution in [1.82, 2.24) is 15.1 Å². The molecule has 2 saturated heterocycles. The predicted molar refractivity (Wildman–Crippen MR) is 73.4 cm³/mol. The van der Waals surface area contributed by atoms with Crippen LogP contribution < -0.4 is 5.32 Å². The Bertz CT molecular complexity index is 218. The van der Waals surface area contributed by atoms with Crippen LogP contribution in [0, 0.1) is 0 Å². The van der Waals surface area contributed by atoms with E-state index in [2.05, 4.69) is 35.9 Å². The minimum absolute atomic E-state index is 0.344. The van der Waals surface area contributed by atoms with Gasteiger partial charge in [-0.1, -0.05) is 0 Å². The Morgan fingerprint density at radius 1 is 0.941 bits per heavy atom. The molecular weight excluding hydrogens is 210 g/mol. The Labute approximate surface area is 107 Å². The van der Waals surface area contributed by atoms with Gasteiger partial charge < -0.3 is 5.32 Å². The van der Waals surface area contributed by atoms with Crippen molar-refractivity contribution in [3.05, 3.63) is 0 Å². The van der Waals surface area contributed by atoms with Gasteiger partial charge in [0.25, 0.3) is 0 Å². The third-order valence-electron chi connectivity index (χ3n) is 4.32. The quantitative estimate of drug-likeness (QED) is 0.749. The van der Waals surface area contributed by atoms with Crippen LogP contribution >= 0.6 is 0 Å². The van der Waals surface area contributed by atoms with Gasteiger partial charge in [-0.3, -0.25) is 9.80 Å². The Kier molecular flexibility index (Phi) is 4.45. The predicted octanol–water partition coefficient (Wildman–Crippen LogP) is 1.54. The van der Waals surface area contributed by atoms with Gasteiger partial charge in [0, 0.05) is 37.8 Å². The zero-order chi connectivity index (χ0) is 12.3. The van der Waals surface area contributed by atoms with Crippen molar-refractivity contribution in [3.8, 4) is 0 Å². The van der Waals surface area contributed by atoms with Crippen LogP contribution in [-0.4, -0.2) is 60.6 Å². The summed E-state index contributed by atoms with van der Waals surface area (Å²) in [5, 5.41) is 3.51. The van der Waals surface area contributed by atoms with Crippen molar-refractivity contribution in [3.63, 3.8) is 0 Å². The second kappa shape index (κ2) is 5.68. The zero-order valence-electron chi connectivity index (χ0n) is 11.8. The fourth-order valence-corrected chi connectivity index (χ4v) is 3.12. The molecule has 1 atom stereocenters. The van der Waals surface area contributed by atoms with Gasteiger partial charge in [-0.15, -0.1) is 0 Å². The average Bonchev–Trinajstić information content (AvgIpc) is 2.56. The molecule has 0 bridgehead atoms. The fourth-order valence-electron chi connectivity index (χ4n) is 3.12. The van der Waals surface area contributed by atoms with Crippen LogP contribution in [0.3, 0.4) is 0 Å². The third kappa shape index (κ3) is 3.67. The summed E-state index contributed by atoms with van der Waals surface area (Å²) in [6, 6.07) is 0.840. The molecule has 3 heteroatoms. The molecule has 17 heavy (non-hydrogen) atoms. The first kappa shape index (κ1) is 13.3. The number of hydrogen-bond donors (Lipinski definition) is 1. The van der Waals surface area contributed by atoms with Gasteiger partial charge >= 0.3 is 0 Å². The Hall–Kier alpha value is -0.120. The molecule has 0 aliphatic carbocycles. The number of rotatable bonds is 1. The first-order chi connectivity index (χ1) is 8.07. The number of piperazine rings is 1. The Morgan fingerprint density at radius 2 is 1.65 bits per heavy atom. The van der Waals surface area contributed by atoms with Gasteiger partial charge in [-0.25, -0.2) is 0 Å². The molecule has 0 aromatic heterocycles. The smallest absolute Gasteiger partial charge is 0.0126 e. The van der Waals surface area contributed by atoms with Gasteiger partial charge in [0.2, 0.25) is 0 Å². The highest BCUT2D eigenvalue weighted by Crippen LogP contribution is 2.20. The molecule has 2 fully saturated rings. The minimum atomic E-state index is 0.344. The van der Waals surface area contributed by atoms with E-state index in [1.165, 1.54) is 58.5 Å². The molecule has 0 spiro atoms. The maximum Gasteiger partial charge on any atom is 0.0126 e. The van der Waals surface area contributed by atoms with Crippen LogP contribution in [0.25, 0.3) is 0 Å². The lowest BCUT2D eigenvalue weighted by atomic mass is 10.0. The van der Waals surface area contributed by atoms with E-state index in [9.17, 15) is 0 Å². The van der Waals surface area contributed by atoms with Crippen molar-refractivity contribution in [1.29, 1.82) is 0 Å². The zero-order valence-corrected chi connectivity index (χ0v) is 11.8. The molecule has 0 saturated carbocycles. The molecule has 1 N–H and O–H groups in total. The van der Waals surface area contributed by atoms with Gasteiger partial charge in [-0.2, -0.15) is 0 Å². The highest BCUT2D eigenvalue weighted by atomic mass is 15.3. The Balaban J connectivity index is 1.81. The highest BCUT2D eigenvalue weighted by Gasteiger charge is 2.28. The average molecular weight is 239 g/mol. The van der Waals surface area contributed by atoms with E-state index >= 15 is 0 Å². The lowest BCUT2D eigenvalue weighted by molar-refractivity contribution is 0.0392. The van der Waals surface area contributed by atoms with Crippen molar-refractivity contribution < 1.29 is 0 Å². The lowest BCUT2D eigenvalue weighted by Crippen LogP contribution is -2.55. The van der Waals surface area contributed by atoms with Crippen molar-refractivity contribution >= 4 is 0 Å². The molecule has 3 nitrogen and oxygen atoms in total. The van der Waals surface area contributed by atoms with Gasteiger partial charge in [-0.05, 0) is 53.1 Å². The highest BCUT2D eigenvalue weighted by molar-refractivity contribution is 4.85. The maximum atomic E-state index is 3.51. The number of nitrogens with zero attached hydrogens (tertiary/aromatic N) is 2. The van der Waals surface area contributed by atoms with E-state index in [-0.39, 0.29) is 0 Å². The largest absolute Gasteiger partial charge is 0.317 e. The lowest BCUT2D eigenvalue weighted by Gasteiger charge is -2.44. The van der Waals surface area contributed by atoms with Crippen LogP contribution in [0.1, 0.15) is 40.0 Å². The molecular formula is C14H29N3. The molecule has 100 valence electrons. The Morgan fingerprint density at radius 3 is 2.29 bits per heavy atom. The summed E-state index contributed by atoms with van der Waals surface area (Å²) in [7, 11) is 0. The first-order valence-electron chi connectivity index (χ1n) is 7.27. The molecule has 2 heterocycles. The molecule has 2 rings (SSSR count). The number of nitrogens with one attached hydrogen (secondary N) is 1. The normalized spacial score (nSPS) is 30.2. The van der Waals surface area contributed by atoms with E-state index in [1.54, 1.807) is 0 Å². The summed E-state index contributed by atoms with van der Waals surface area (Å²) in [4.78, 5) is 5.35. The maximum absolute atomic E-state index is 3.51. The van der Waals surface area contributed by atoms with Crippen molar-refractivity contribution in [2.24, 2.45) is 0 Å². The van der Waals surface area contributed by atoms with Crippen molar-refractivity contribution in [2.45, 2.75) is 51.6 Å². The molecule has 1 unspecified atom stereocenters. The van der Waals surface area contributed by atoms with Crippen molar-refractivity contribution in [2.75, 3.05) is 39.3 Å². The summed E-state index contributed by atoms with van der Waals surface area (Å²) in [6.45, 7) is 14.4. The third-order valence-corrected chi connectivity index (χ3v) is 4.32. The number of hydrogen-bond acceptors (Lipinski definition) is 3. The molecule has 0 radical (unpaired) electrons. The van der Waals surface area contributed by atoms with Crippen LogP contribution in [0.15, 0.2) is 0 Å². The molecule has 0 amide bonds. The van der Waals surface area contributed by atoms with E-state index in [0.717, 1.165) is 6.04 Å².